The van der Waals surface area contributed by atoms with Gasteiger partial charge in [-0.15, -0.1) is 0 Å². The first-order chi connectivity index (χ1) is 15.1. The molecule has 6 nitrogen and oxygen atoms in total. The summed E-state index contributed by atoms with van der Waals surface area (Å²) in [6.45, 7) is 4.85. The molecule has 1 saturated heterocycles. The van der Waals surface area contributed by atoms with Crippen molar-refractivity contribution >= 4 is 17.2 Å². The molecule has 0 aliphatic carbocycles. The fraction of sp³-hybridized carbons (Fsp3) is 0.208. The van der Waals surface area contributed by atoms with E-state index >= 15 is 0 Å². The Kier molecular flexibility index (Phi) is 4.86. The van der Waals surface area contributed by atoms with Crippen molar-refractivity contribution in [3.05, 3.63) is 83.9 Å². The molecule has 0 N–H and O–H groups in total. The minimum atomic E-state index is -0.342. The maximum Gasteiger partial charge on any atom is 0.259 e. The van der Waals surface area contributed by atoms with Crippen LogP contribution in [-0.4, -0.2) is 51.6 Å². The Balaban J connectivity index is 1.38. The molecular formula is C24H22FN5O. The topological polar surface area (TPSA) is 53.7 Å². The fourth-order valence-electron chi connectivity index (χ4n) is 4.01. The number of carbonyl (C=O) groups is 1. The van der Waals surface area contributed by atoms with Gasteiger partial charge in [-0.2, -0.15) is 5.10 Å². The summed E-state index contributed by atoms with van der Waals surface area (Å²) in [7, 11) is 0. The largest absolute Gasteiger partial charge is 0.368 e. The maximum absolute atomic E-state index is 14.3. The molecule has 1 aliphatic heterocycles. The van der Waals surface area contributed by atoms with Crippen molar-refractivity contribution in [3.63, 3.8) is 0 Å². The summed E-state index contributed by atoms with van der Waals surface area (Å²) in [5.41, 5.74) is 4.25. The number of halogens is 1. The molecule has 5 rings (SSSR count). The number of hydrogen-bond acceptors (Lipinski definition) is 4. The molecule has 31 heavy (non-hydrogen) atoms. The van der Waals surface area contributed by atoms with Crippen LogP contribution >= 0.6 is 0 Å². The summed E-state index contributed by atoms with van der Waals surface area (Å²) < 4.78 is 15.9. The minimum Gasteiger partial charge on any atom is -0.368 e. The molecule has 156 valence electrons. The third-order valence-corrected chi connectivity index (χ3v) is 5.75. The van der Waals surface area contributed by atoms with Gasteiger partial charge in [-0.3, -0.25) is 4.79 Å². The Morgan fingerprint density at radius 3 is 2.45 bits per heavy atom. The van der Waals surface area contributed by atoms with E-state index in [0.29, 0.717) is 35.6 Å². The predicted molar refractivity (Wildman–Crippen MR) is 118 cm³/mol. The molecule has 0 atom stereocenters. The highest BCUT2D eigenvalue weighted by Crippen LogP contribution is 2.24. The highest BCUT2D eigenvalue weighted by Gasteiger charge is 2.26. The normalized spacial score (nSPS) is 14.3. The molecule has 0 radical (unpaired) electrons. The Morgan fingerprint density at radius 1 is 0.968 bits per heavy atom. The second kappa shape index (κ2) is 7.83. The van der Waals surface area contributed by atoms with Crippen molar-refractivity contribution in [3.8, 4) is 11.3 Å². The molecule has 4 aromatic rings. The van der Waals surface area contributed by atoms with Crippen molar-refractivity contribution in [2.45, 2.75) is 6.92 Å². The molecule has 0 bridgehead atoms. The number of anilines is 1. The van der Waals surface area contributed by atoms with Gasteiger partial charge in [0.25, 0.3) is 5.91 Å². The zero-order chi connectivity index (χ0) is 21.4. The molecule has 0 spiro atoms. The molecule has 3 heterocycles. The van der Waals surface area contributed by atoms with Gasteiger partial charge in [0.05, 0.1) is 11.9 Å². The van der Waals surface area contributed by atoms with E-state index in [1.54, 1.807) is 30.5 Å². The lowest BCUT2D eigenvalue weighted by molar-refractivity contribution is 0.0748. The Morgan fingerprint density at radius 2 is 1.71 bits per heavy atom. The lowest BCUT2D eigenvalue weighted by atomic mass is 10.1. The van der Waals surface area contributed by atoms with E-state index in [4.69, 9.17) is 0 Å². The van der Waals surface area contributed by atoms with Crippen LogP contribution in [0, 0.1) is 12.7 Å². The monoisotopic (exact) mass is 415 g/mol. The molecule has 2 aromatic carbocycles. The van der Waals surface area contributed by atoms with E-state index in [0.717, 1.165) is 13.1 Å². The van der Waals surface area contributed by atoms with Crippen LogP contribution in [0.4, 0.5) is 10.1 Å². The van der Waals surface area contributed by atoms with Gasteiger partial charge in [0.2, 0.25) is 0 Å². The molecule has 1 fully saturated rings. The van der Waals surface area contributed by atoms with Crippen molar-refractivity contribution < 1.29 is 9.18 Å². The van der Waals surface area contributed by atoms with E-state index in [1.807, 2.05) is 4.90 Å². The van der Waals surface area contributed by atoms with Crippen LogP contribution in [0.2, 0.25) is 0 Å². The first kappa shape index (κ1) is 19.2. The van der Waals surface area contributed by atoms with Crippen molar-refractivity contribution in [1.82, 2.24) is 19.5 Å². The SMILES string of the molecule is Cc1ccc(N2CCN(C(=O)c3cnn4c(-c5ccccc5F)ccnc34)CC2)cc1. The van der Waals surface area contributed by atoms with Gasteiger partial charge in [0, 0.05) is 43.6 Å². The van der Waals surface area contributed by atoms with E-state index in [9.17, 15) is 9.18 Å². The third-order valence-electron chi connectivity index (χ3n) is 5.75. The minimum absolute atomic E-state index is 0.100. The number of fused-ring (bicyclic) bond motifs is 1. The summed E-state index contributed by atoms with van der Waals surface area (Å²) in [6.07, 6.45) is 3.12. The number of hydrogen-bond donors (Lipinski definition) is 0. The summed E-state index contributed by atoms with van der Waals surface area (Å²) in [5.74, 6) is -0.442. The molecular weight excluding hydrogens is 393 g/mol. The van der Waals surface area contributed by atoms with Gasteiger partial charge >= 0.3 is 0 Å². The van der Waals surface area contributed by atoms with Gasteiger partial charge in [-0.1, -0.05) is 29.8 Å². The Hall–Kier alpha value is -3.74. The summed E-state index contributed by atoms with van der Waals surface area (Å²) in [6, 6.07) is 16.7. The number of nitrogens with zero attached hydrogens (tertiary/aromatic N) is 5. The van der Waals surface area contributed by atoms with Crippen molar-refractivity contribution in [2.24, 2.45) is 0 Å². The molecule has 1 aliphatic rings. The quantitative estimate of drug-likeness (QED) is 0.511. The van der Waals surface area contributed by atoms with Gasteiger partial charge in [0.15, 0.2) is 5.65 Å². The third kappa shape index (κ3) is 3.52. The van der Waals surface area contributed by atoms with Gasteiger partial charge in [-0.05, 0) is 37.3 Å². The first-order valence-electron chi connectivity index (χ1n) is 10.3. The fourth-order valence-corrected chi connectivity index (χ4v) is 4.01. The summed E-state index contributed by atoms with van der Waals surface area (Å²) in [5, 5.41) is 4.35. The van der Waals surface area contributed by atoms with E-state index in [-0.39, 0.29) is 11.7 Å². The molecule has 0 saturated carbocycles. The average molecular weight is 415 g/mol. The van der Waals surface area contributed by atoms with Gasteiger partial charge in [0.1, 0.15) is 11.4 Å². The van der Waals surface area contributed by atoms with E-state index < -0.39 is 0 Å². The van der Waals surface area contributed by atoms with Crippen LogP contribution in [0.25, 0.3) is 16.9 Å². The number of aryl methyl sites for hydroxylation is 1. The zero-order valence-corrected chi connectivity index (χ0v) is 17.2. The van der Waals surface area contributed by atoms with Crippen LogP contribution in [0.1, 0.15) is 15.9 Å². The second-order valence-corrected chi connectivity index (χ2v) is 7.72. The van der Waals surface area contributed by atoms with Crippen molar-refractivity contribution in [2.75, 3.05) is 31.1 Å². The van der Waals surface area contributed by atoms with Crippen LogP contribution in [-0.2, 0) is 0 Å². The number of aromatic nitrogens is 3. The molecule has 0 unspecified atom stereocenters. The van der Waals surface area contributed by atoms with Crippen LogP contribution < -0.4 is 4.90 Å². The van der Waals surface area contributed by atoms with Crippen molar-refractivity contribution in [1.29, 1.82) is 0 Å². The second-order valence-electron chi connectivity index (χ2n) is 7.72. The molecule has 2 aromatic heterocycles. The zero-order valence-electron chi connectivity index (χ0n) is 17.2. The standard InChI is InChI=1S/C24H22FN5O/c1-17-6-8-18(9-7-17)28-12-14-29(15-13-28)24(31)20-16-27-30-22(10-11-26-23(20)30)19-4-2-3-5-21(19)25/h2-11,16H,12-15H2,1H3. The Labute approximate surface area is 179 Å². The maximum atomic E-state index is 14.3. The van der Waals surface area contributed by atoms with E-state index in [1.165, 1.54) is 28.0 Å². The number of benzene rings is 2. The molecule has 7 heteroatoms. The number of rotatable bonds is 3. The van der Waals surface area contributed by atoms with E-state index in [2.05, 4.69) is 46.2 Å². The first-order valence-corrected chi connectivity index (χ1v) is 10.3. The summed E-state index contributed by atoms with van der Waals surface area (Å²) >= 11 is 0. The lowest BCUT2D eigenvalue weighted by Gasteiger charge is -2.36. The number of amides is 1. The number of piperazine rings is 1. The summed E-state index contributed by atoms with van der Waals surface area (Å²) in [4.78, 5) is 21.7. The highest BCUT2D eigenvalue weighted by atomic mass is 19.1. The van der Waals surface area contributed by atoms with Crippen LogP contribution in [0.5, 0.6) is 0 Å². The van der Waals surface area contributed by atoms with Gasteiger partial charge < -0.3 is 9.80 Å². The van der Waals surface area contributed by atoms with Crippen LogP contribution in [0.3, 0.4) is 0 Å². The predicted octanol–water partition coefficient (Wildman–Crippen LogP) is 3.81. The highest BCUT2D eigenvalue weighted by molar-refractivity contribution is 6.00. The molecule has 1 amide bonds. The average Bonchev–Trinajstić information content (AvgIpc) is 3.24. The Bertz CT molecular complexity index is 1240. The van der Waals surface area contributed by atoms with Crippen LogP contribution in [0.15, 0.2) is 67.0 Å². The smallest absolute Gasteiger partial charge is 0.259 e. The number of carbonyl (C=O) groups excluding carboxylic acids is 1. The van der Waals surface area contributed by atoms with Gasteiger partial charge in [-0.25, -0.2) is 13.9 Å². The lowest BCUT2D eigenvalue weighted by Crippen LogP contribution is -2.48.